The van der Waals surface area contributed by atoms with Gasteiger partial charge in [0.2, 0.25) is 0 Å². The van der Waals surface area contributed by atoms with Gasteiger partial charge < -0.3 is 5.73 Å². The Hall–Kier alpha value is -0.640. The first kappa shape index (κ1) is 13.8. The largest absolute Gasteiger partial charge is 0.329 e. The topological polar surface area (TPSA) is 29.3 Å². The lowest BCUT2D eigenvalue weighted by molar-refractivity contribution is 0.0891. The van der Waals surface area contributed by atoms with Crippen molar-refractivity contribution in [3.05, 3.63) is 34.6 Å². The summed E-state index contributed by atoms with van der Waals surface area (Å²) in [4.78, 5) is 2.38. The van der Waals surface area contributed by atoms with Crippen molar-refractivity contribution in [2.45, 2.75) is 44.8 Å². The van der Waals surface area contributed by atoms with E-state index in [1.54, 1.807) is 6.07 Å². The van der Waals surface area contributed by atoms with Gasteiger partial charge in [0.05, 0.1) is 5.02 Å². The number of likely N-dealkylation sites (tertiary alicyclic amines) is 1. The van der Waals surface area contributed by atoms with Gasteiger partial charge in [-0.3, -0.25) is 4.90 Å². The molecule has 1 aliphatic rings. The van der Waals surface area contributed by atoms with E-state index in [0.29, 0.717) is 18.6 Å². The van der Waals surface area contributed by atoms with E-state index >= 15 is 0 Å². The molecule has 0 aromatic heterocycles. The Kier molecular flexibility index (Phi) is 4.60. The van der Waals surface area contributed by atoms with Gasteiger partial charge in [0.15, 0.2) is 0 Å². The summed E-state index contributed by atoms with van der Waals surface area (Å²) in [5.41, 5.74) is 6.79. The van der Waals surface area contributed by atoms with Gasteiger partial charge in [-0.05, 0) is 37.5 Å². The van der Waals surface area contributed by atoms with Crippen LogP contribution in [-0.4, -0.2) is 23.5 Å². The molecule has 2 rings (SSSR count). The number of nitrogens with zero attached hydrogens (tertiary/aromatic N) is 1. The summed E-state index contributed by atoms with van der Waals surface area (Å²) in [5.74, 6) is -0.344. The molecule has 1 saturated heterocycles. The van der Waals surface area contributed by atoms with E-state index in [-0.39, 0.29) is 10.8 Å². The molecule has 2 N–H and O–H groups in total. The van der Waals surface area contributed by atoms with E-state index in [9.17, 15) is 4.39 Å². The van der Waals surface area contributed by atoms with Crippen LogP contribution in [0, 0.1) is 5.82 Å². The third-order valence-electron chi connectivity index (χ3n) is 3.82. The average Bonchev–Trinajstić information content (AvgIpc) is 2.36. The monoisotopic (exact) mass is 270 g/mol. The Labute approximate surface area is 113 Å². The molecule has 0 saturated carbocycles. The second-order valence-corrected chi connectivity index (χ2v) is 5.50. The van der Waals surface area contributed by atoms with Crippen LogP contribution in [0.5, 0.6) is 0 Å². The van der Waals surface area contributed by atoms with E-state index < -0.39 is 0 Å². The summed E-state index contributed by atoms with van der Waals surface area (Å²) in [5, 5.41) is 0.181. The fourth-order valence-electron chi connectivity index (χ4n) is 2.73. The maximum atomic E-state index is 13.4. The summed E-state index contributed by atoms with van der Waals surface area (Å²) in [6.45, 7) is 3.63. The summed E-state index contributed by atoms with van der Waals surface area (Å²) in [6.07, 6.45) is 3.55. The SMILES string of the molecule is CC1CCCC(CN)N1Cc1ccc(Cl)c(F)c1. The van der Waals surface area contributed by atoms with E-state index in [2.05, 4.69) is 11.8 Å². The maximum Gasteiger partial charge on any atom is 0.142 e. The van der Waals surface area contributed by atoms with Crippen LogP contribution in [0.25, 0.3) is 0 Å². The Morgan fingerprint density at radius 1 is 1.44 bits per heavy atom. The van der Waals surface area contributed by atoms with Crippen LogP contribution in [0.1, 0.15) is 31.7 Å². The fourth-order valence-corrected chi connectivity index (χ4v) is 2.84. The van der Waals surface area contributed by atoms with Gasteiger partial charge >= 0.3 is 0 Å². The Bertz CT molecular complexity index is 411. The highest BCUT2D eigenvalue weighted by molar-refractivity contribution is 6.30. The van der Waals surface area contributed by atoms with Gasteiger partial charge in [0.25, 0.3) is 0 Å². The van der Waals surface area contributed by atoms with Crippen LogP contribution >= 0.6 is 11.6 Å². The molecule has 18 heavy (non-hydrogen) atoms. The zero-order valence-electron chi connectivity index (χ0n) is 10.7. The molecule has 1 aromatic carbocycles. The van der Waals surface area contributed by atoms with E-state index in [1.807, 2.05) is 6.07 Å². The summed E-state index contributed by atoms with van der Waals surface area (Å²) in [6, 6.07) is 5.95. The van der Waals surface area contributed by atoms with Gasteiger partial charge in [-0.15, -0.1) is 0 Å². The number of hydrogen-bond acceptors (Lipinski definition) is 2. The van der Waals surface area contributed by atoms with Gasteiger partial charge in [0, 0.05) is 25.2 Å². The predicted molar refractivity (Wildman–Crippen MR) is 73.1 cm³/mol. The van der Waals surface area contributed by atoms with E-state index in [4.69, 9.17) is 17.3 Å². The summed E-state index contributed by atoms with van der Waals surface area (Å²) >= 11 is 5.70. The highest BCUT2D eigenvalue weighted by Crippen LogP contribution is 2.25. The number of piperidine rings is 1. The van der Waals surface area contributed by atoms with Crippen molar-refractivity contribution in [3.8, 4) is 0 Å². The van der Waals surface area contributed by atoms with Gasteiger partial charge in [-0.2, -0.15) is 0 Å². The van der Waals surface area contributed by atoms with Gasteiger partial charge in [-0.25, -0.2) is 4.39 Å². The second-order valence-electron chi connectivity index (χ2n) is 5.09. The molecule has 0 bridgehead atoms. The van der Waals surface area contributed by atoms with Crippen molar-refractivity contribution >= 4 is 11.6 Å². The normalized spacial score (nSPS) is 25.3. The second kappa shape index (κ2) is 6.00. The molecule has 1 heterocycles. The molecule has 1 aliphatic heterocycles. The fraction of sp³-hybridized carbons (Fsp3) is 0.571. The molecule has 100 valence electrons. The Morgan fingerprint density at radius 3 is 2.89 bits per heavy atom. The number of rotatable bonds is 3. The lowest BCUT2D eigenvalue weighted by atomic mass is 9.95. The van der Waals surface area contributed by atoms with Crippen LogP contribution in [0.3, 0.4) is 0 Å². The molecule has 2 nitrogen and oxygen atoms in total. The minimum absolute atomic E-state index is 0.181. The molecule has 0 spiro atoms. The molecule has 1 fully saturated rings. The van der Waals surface area contributed by atoms with E-state index in [0.717, 1.165) is 18.5 Å². The summed E-state index contributed by atoms with van der Waals surface area (Å²) in [7, 11) is 0. The Morgan fingerprint density at radius 2 is 2.22 bits per heavy atom. The average molecular weight is 271 g/mol. The van der Waals surface area contributed by atoms with Crippen molar-refractivity contribution in [2.75, 3.05) is 6.54 Å². The highest BCUT2D eigenvalue weighted by atomic mass is 35.5. The van der Waals surface area contributed by atoms with Crippen molar-refractivity contribution in [1.82, 2.24) is 4.90 Å². The van der Waals surface area contributed by atoms with Crippen molar-refractivity contribution in [1.29, 1.82) is 0 Å². The maximum absolute atomic E-state index is 13.4. The Balaban J connectivity index is 2.12. The first-order chi connectivity index (χ1) is 8.61. The molecule has 0 amide bonds. The van der Waals surface area contributed by atoms with Crippen LogP contribution in [-0.2, 0) is 6.54 Å². The predicted octanol–water partition coefficient (Wildman–Crippen LogP) is 3.18. The van der Waals surface area contributed by atoms with Crippen molar-refractivity contribution in [3.63, 3.8) is 0 Å². The van der Waals surface area contributed by atoms with E-state index in [1.165, 1.54) is 18.9 Å². The van der Waals surface area contributed by atoms with Gasteiger partial charge in [-0.1, -0.05) is 24.1 Å². The highest BCUT2D eigenvalue weighted by Gasteiger charge is 2.26. The van der Waals surface area contributed by atoms with Crippen molar-refractivity contribution in [2.24, 2.45) is 5.73 Å². The molecule has 0 aliphatic carbocycles. The smallest absolute Gasteiger partial charge is 0.142 e. The quantitative estimate of drug-likeness (QED) is 0.914. The minimum atomic E-state index is -0.344. The van der Waals surface area contributed by atoms with Gasteiger partial charge in [0.1, 0.15) is 5.82 Å². The lowest BCUT2D eigenvalue weighted by Crippen LogP contribution is -2.48. The molecule has 2 unspecified atom stereocenters. The standard InChI is InChI=1S/C14H20ClFN2/c1-10-3-2-4-12(8-17)18(10)9-11-5-6-13(15)14(16)7-11/h5-7,10,12H,2-4,8-9,17H2,1H3. The number of benzene rings is 1. The molecular formula is C14H20ClFN2. The minimum Gasteiger partial charge on any atom is -0.329 e. The van der Waals surface area contributed by atoms with Crippen LogP contribution in [0.2, 0.25) is 5.02 Å². The molecule has 2 atom stereocenters. The summed E-state index contributed by atoms with van der Waals surface area (Å²) < 4.78 is 13.4. The van der Waals surface area contributed by atoms with Crippen molar-refractivity contribution < 1.29 is 4.39 Å². The lowest BCUT2D eigenvalue weighted by Gasteiger charge is -2.40. The van der Waals surface area contributed by atoms with Crippen LogP contribution < -0.4 is 5.73 Å². The zero-order valence-corrected chi connectivity index (χ0v) is 11.5. The first-order valence-corrected chi connectivity index (χ1v) is 6.89. The van der Waals surface area contributed by atoms with Crippen LogP contribution in [0.15, 0.2) is 18.2 Å². The zero-order chi connectivity index (χ0) is 13.1. The third-order valence-corrected chi connectivity index (χ3v) is 4.12. The number of hydrogen-bond donors (Lipinski definition) is 1. The number of halogens is 2. The molecular weight excluding hydrogens is 251 g/mol. The molecule has 1 aromatic rings. The molecule has 4 heteroatoms. The number of nitrogens with two attached hydrogens (primary N) is 1. The first-order valence-electron chi connectivity index (χ1n) is 6.51. The molecule has 0 radical (unpaired) electrons. The third kappa shape index (κ3) is 3.02. The van der Waals surface area contributed by atoms with Crippen LogP contribution in [0.4, 0.5) is 4.39 Å².